The van der Waals surface area contributed by atoms with Gasteiger partial charge >= 0.3 is 0 Å². The quantitative estimate of drug-likeness (QED) is 0.598. The van der Waals surface area contributed by atoms with Gasteiger partial charge in [-0.3, -0.25) is 0 Å². The van der Waals surface area contributed by atoms with Crippen LogP contribution in [-0.4, -0.2) is 27.2 Å². The van der Waals surface area contributed by atoms with Crippen molar-refractivity contribution in [2.75, 3.05) is 12.8 Å². The van der Waals surface area contributed by atoms with E-state index in [2.05, 4.69) is 34.7 Å². The van der Waals surface area contributed by atoms with Crippen molar-refractivity contribution >= 4 is 27.1 Å². The molecule has 2 rings (SSSR count). The lowest BCUT2D eigenvalue weighted by molar-refractivity contribution is 0.601. The van der Waals surface area contributed by atoms with E-state index in [-0.39, 0.29) is 0 Å². The molecule has 0 saturated heterocycles. The molecular weight excluding hydrogens is 354 g/mol. The number of benzene rings is 1. The van der Waals surface area contributed by atoms with Gasteiger partial charge in [-0.05, 0) is 50.1 Å². The first kappa shape index (κ1) is 19.5. The second kappa shape index (κ2) is 8.49. The Morgan fingerprint density at radius 1 is 1.16 bits per heavy atom. The summed E-state index contributed by atoms with van der Waals surface area (Å²) in [6.07, 6.45) is 1.23. The minimum Gasteiger partial charge on any atom is -0.357 e. The number of rotatable bonds is 6. The van der Waals surface area contributed by atoms with Gasteiger partial charge in [-0.2, -0.15) is 0 Å². The van der Waals surface area contributed by atoms with E-state index in [0.717, 1.165) is 30.2 Å². The Bertz CT molecular complexity index is 855. The lowest BCUT2D eigenvalue weighted by Crippen LogP contribution is -2.36. The van der Waals surface area contributed by atoms with Crippen molar-refractivity contribution in [2.24, 2.45) is 4.99 Å². The molecule has 1 aromatic carbocycles. The van der Waals surface area contributed by atoms with Crippen molar-refractivity contribution in [3.05, 3.63) is 51.2 Å². The van der Waals surface area contributed by atoms with Gasteiger partial charge in [-0.1, -0.05) is 12.1 Å². The van der Waals surface area contributed by atoms with Gasteiger partial charge in [-0.15, -0.1) is 11.3 Å². The van der Waals surface area contributed by atoms with Crippen LogP contribution in [0, 0.1) is 13.8 Å². The van der Waals surface area contributed by atoms with Crippen molar-refractivity contribution in [3.8, 4) is 0 Å². The molecule has 0 atom stereocenters. The second-order valence-electron chi connectivity index (χ2n) is 5.93. The van der Waals surface area contributed by atoms with Crippen LogP contribution in [0.3, 0.4) is 0 Å². The van der Waals surface area contributed by atoms with Crippen molar-refractivity contribution in [1.82, 2.24) is 10.6 Å². The number of aryl methyl sites for hydroxylation is 2. The van der Waals surface area contributed by atoms with E-state index in [0.29, 0.717) is 11.4 Å². The molecule has 0 aliphatic rings. The average Bonchev–Trinajstić information content (AvgIpc) is 2.94. The third-order valence-corrected chi connectivity index (χ3v) is 5.89. The van der Waals surface area contributed by atoms with Crippen molar-refractivity contribution in [1.29, 1.82) is 0 Å². The summed E-state index contributed by atoms with van der Waals surface area (Å²) in [5.74, 6) is 0.749. The maximum atomic E-state index is 11.7. The highest BCUT2D eigenvalue weighted by molar-refractivity contribution is 7.90. The molecule has 0 saturated carbocycles. The minimum atomic E-state index is -3.19. The summed E-state index contributed by atoms with van der Waals surface area (Å²) in [7, 11) is -3.19. The van der Waals surface area contributed by atoms with Crippen LogP contribution >= 0.6 is 11.3 Å². The van der Waals surface area contributed by atoms with Crippen LogP contribution in [0.25, 0.3) is 0 Å². The molecule has 2 aromatic rings. The zero-order chi connectivity index (χ0) is 18.4. The Morgan fingerprint density at radius 3 is 2.48 bits per heavy atom. The molecule has 0 amide bonds. The number of aliphatic imine (C=N–C) groups is 1. The van der Waals surface area contributed by atoms with E-state index < -0.39 is 9.84 Å². The predicted octanol–water partition coefficient (Wildman–Crippen LogP) is 3.02. The minimum absolute atomic E-state index is 0.373. The summed E-state index contributed by atoms with van der Waals surface area (Å²) >= 11 is 1.77. The maximum absolute atomic E-state index is 11.7. The van der Waals surface area contributed by atoms with Gasteiger partial charge in [0.05, 0.1) is 18.0 Å². The Morgan fingerprint density at radius 2 is 1.92 bits per heavy atom. The van der Waals surface area contributed by atoms with Crippen LogP contribution in [0.2, 0.25) is 0 Å². The standard InChI is InChI=1S/C18H25N3O2S2/c1-5-19-18(21-12-16-8-6-14(3)24-16)20-11-15-7-9-17(13(2)10-15)25(4,22)23/h6-10H,5,11-12H2,1-4H3,(H2,19,20,21). The lowest BCUT2D eigenvalue weighted by Gasteiger charge is -2.11. The maximum Gasteiger partial charge on any atom is 0.191 e. The highest BCUT2D eigenvalue weighted by atomic mass is 32.2. The molecule has 7 heteroatoms. The molecule has 0 spiro atoms. The molecule has 25 heavy (non-hydrogen) atoms. The van der Waals surface area contributed by atoms with Crippen molar-refractivity contribution in [3.63, 3.8) is 0 Å². The van der Waals surface area contributed by atoms with Crippen LogP contribution in [-0.2, 0) is 22.9 Å². The molecule has 0 aliphatic carbocycles. The Hall–Kier alpha value is -1.86. The number of nitrogens with zero attached hydrogens (tertiary/aromatic N) is 1. The van der Waals surface area contributed by atoms with Crippen molar-refractivity contribution < 1.29 is 8.42 Å². The number of guanidine groups is 1. The zero-order valence-corrected chi connectivity index (χ0v) is 16.7. The fraction of sp³-hybridized carbons (Fsp3) is 0.389. The highest BCUT2D eigenvalue weighted by Crippen LogP contribution is 2.17. The van der Waals surface area contributed by atoms with Crippen LogP contribution in [0.4, 0.5) is 0 Å². The van der Waals surface area contributed by atoms with Crippen LogP contribution < -0.4 is 10.6 Å². The fourth-order valence-electron chi connectivity index (χ4n) is 2.49. The summed E-state index contributed by atoms with van der Waals surface area (Å²) in [5.41, 5.74) is 1.73. The van der Waals surface area contributed by atoms with Gasteiger partial charge in [-0.25, -0.2) is 13.4 Å². The van der Waals surface area contributed by atoms with E-state index in [9.17, 15) is 8.42 Å². The first-order valence-electron chi connectivity index (χ1n) is 8.16. The number of hydrogen-bond donors (Lipinski definition) is 2. The third kappa shape index (κ3) is 5.86. The van der Waals surface area contributed by atoms with Crippen LogP contribution in [0.5, 0.6) is 0 Å². The molecule has 0 bridgehead atoms. The molecule has 1 heterocycles. The number of sulfone groups is 1. The average molecular weight is 380 g/mol. The molecule has 0 fully saturated rings. The molecular formula is C18H25N3O2S2. The largest absolute Gasteiger partial charge is 0.357 e. The van der Waals surface area contributed by atoms with Gasteiger partial charge in [0.1, 0.15) is 0 Å². The van der Waals surface area contributed by atoms with E-state index in [1.807, 2.05) is 26.0 Å². The normalized spacial score (nSPS) is 12.2. The molecule has 1 aromatic heterocycles. The Labute approximate surface area is 154 Å². The van der Waals surface area contributed by atoms with Gasteiger partial charge in [0, 0.05) is 22.6 Å². The molecule has 2 N–H and O–H groups in total. The Kier molecular flexibility index (Phi) is 6.61. The summed E-state index contributed by atoms with van der Waals surface area (Å²) in [4.78, 5) is 7.51. The van der Waals surface area contributed by atoms with Gasteiger partial charge < -0.3 is 10.6 Å². The molecule has 0 unspecified atom stereocenters. The van der Waals surface area contributed by atoms with Gasteiger partial charge in [0.25, 0.3) is 0 Å². The summed E-state index contributed by atoms with van der Waals surface area (Å²) < 4.78 is 23.4. The summed E-state index contributed by atoms with van der Waals surface area (Å²) in [6.45, 7) is 7.93. The van der Waals surface area contributed by atoms with E-state index in [1.165, 1.54) is 16.0 Å². The second-order valence-corrected chi connectivity index (χ2v) is 9.29. The smallest absolute Gasteiger partial charge is 0.191 e. The van der Waals surface area contributed by atoms with Crippen LogP contribution in [0.1, 0.15) is 27.8 Å². The first-order valence-corrected chi connectivity index (χ1v) is 10.9. The molecule has 0 aliphatic heterocycles. The predicted molar refractivity (Wildman–Crippen MR) is 105 cm³/mol. The molecule has 0 radical (unpaired) electrons. The van der Waals surface area contributed by atoms with E-state index in [1.54, 1.807) is 17.4 Å². The lowest BCUT2D eigenvalue weighted by atomic mass is 10.1. The van der Waals surface area contributed by atoms with E-state index in [4.69, 9.17) is 0 Å². The molecule has 136 valence electrons. The van der Waals surface area contributed by atoms with Gasteiger partial charge in [0.2, 0.25) is 0 Å². The SMILES string of the molecule is CCNC(=NCc1ccc(S(C)(=O)=O)c(C)c1)NCc1ccc(C)s1. The Balaban J connectivity index is 2.06. The van der Waals surface area contributed by atoms with Gasteiger partial charge in [0.15, 0.2) is 15.8 Å². The summed E-state index contributed by atoms with van der Waals surface area (Å²) in [5, 5.41) is 6.55. The first-order chi connectivity index (χ1) is 11.8. The number of thiophene rings is 1. The zero-order valence-electron chi connectivity index (χ0n) is 15.1. The highest BCUT2D eigenvalue weighted by Gasteiger charge is 2.10. The van der Waals surface area contributed by atoms with Crippen LogP contribution in [0.15, 0.2) is 40.2 Å². The topological polar surface area (TPSA) is 70.6 Å². The molecule has 5 nitrogen and oxygen atoms in total. The fourth-order valence-corrected chi connectivity index (χ4v) is 4.28. The number of hydrogen-bond acceptors (Lipinski definition) is 4. The van der Waals surface area contributed by atoms with Crippen molar-refractivity contribution in [2.45, 2.75) is 38.8 Å². The summed E-state index contributed by atoms with van der Waals surface area (Å²) in [6, 6.07) is 9.58. The van der Waals surface area contributed by atoms with E-state index >= 15 is 0 Å². The third-order valence-electron chi connectivity index (χ3n) is 3.63. The monoisotopic (exact) mass is 379 g/mol. The number of nitrogens with one attached hydrogen (secondary N) is 2.